The smallest absolute Gasteiger partial charge is 0.374 e. The molecule has 2 aliphatic heterocycles. The molecule has 1 fully saturated rings. The third kappa shape index (κ3) is 3.76. The molecule has 14 heteroatoms. The lowest BCUT2D eigenvalue weighted by Crippen LogP contribution is -2.58. The molecule has 0 aliphatic carbocycles. The number of sulfonamides is 1. The summed E-state index contributed by atoms with van der Waals surface area (Å²) in [6.07, 6.45) is -4.92. The molecule has 1 unspecified atom stereocenters. The molecule has 9 nitrogen and oxygen atoms in total. The number of nitrogens with zero attached hydrogens (tertiary/aromatic N) is 3. The molecule has 1 aromatic heterocycles. The van der Waals surface area contributed by atoms with Crippen molar-refractivity contribution in [3.8, 4) is 0 Å². The molecule has 1 aromatic carbocycles. The third-order valence-corrected chi connectivity index (χ3v) is 8.18. The molecule has 2 aliphatic rings. The number of ether oxygens (including phenoxy) is 1. The van der Waals surface area contributed by atoms with Gasteiger partial charge in [-0.05, 0) is 37.3 Å². The van der Waals surface area contributed by atoms with E-state index in [1.54, 1.807) is 0 Å². The number of halogens is 4. The van der Waals surface area contributed by atoms with Crippen LogP contribution in [0.15, 0.2) is 41.5 Å². The number of hydrogen-bond acceptors (Lipinski definition) is 7. The van der Waals surface area contributed by atoms with Crippen molar-refractivity contribution in [1.82, 2.24) is 9.29 Å². The number of anilines is 1. The van der Waals surface area contributed by atoms with Crippen LogP contribution in [0.3, 0.4) is 0 Å². The van der Waals surface area contributed by atoms with Crippen molar-refractivity contribution in [1.29, 1.82) is 0 Å². The summed E-state index contributed by atoms with van der Waals surface area (Å²) in [5.41, 5.74) is 2.67. The second-order valence-corrected chi connectivity index (χ2v) is 10.0. The van der Waals surface area contributed by atoms with E-state index < -0.39 is 50.4 Å². The van der Waals surface area contributed by atoms with Crippen molar-refractivity contribution >= 4 is 27.6 Å². The molecule has 3 heterocycles. The second-order valence-electron chi connectivity index (χ2n) is 7.92. The SMILES string of the molecule is CC1OC[C@]2(c3cc(NC(=O)c4ccc(C(F)(F)F)cn4)ccc3F)N=C(N)N(C)S(=O)(=O)[C@H]12. The van der Waals surface area contributed by atoms with Crippen LogP contribution in [0.1, 0.15) is 28.5 Å². The molecule has 0 radical (unpaired) electrons. The summed E-state index contributed by atoms with van der Waals surface area (Å²) in [6.45, 7) is 1.25. The van der Waals surface area contributed by atoms with Gasteiger partial charge >= 0.3 is 6.18 Å². The van der Waals surface area contributed by atoms with Gasteiger partial charge < -0.3 is 15.8 Å². The van der Waals surface area contributed by atoms with Crippen LogP contribution in [0.5, 0.6) is 0 Å². The van der Waals surface area contributed by atoms with E-state index in [4.69, 9.17) is 10.5 Å². The van der Waals surface area contributed by atoms with Crippen molar-refractivity contribution in [2.24, 2.45) is 10.7 Å². The number of amides is 1. The number of guanidine groups is 1. The molecular weight excluding hydrogens is 482 g/mol. The van der Waals surface area contributed by atoms with Crippen LogP contribution >= 0.6 is 0 Å². The molecule has 2 aromatic rings. The first-order valence-corrected chi connectivity index (χ1v) is 11.4. The molecule has 0 spiro atoms. The fourth-order valence-corrected chi connectivity index (χ4v) is 6.04. The Labute approximate surface area is 191 Å². The van der Waals surface area contributed by atoms with Crippen LogP contribution in [0, 0.1) is 5.82 Å². The zero-order valence-electron chi connectivity index (χ0n) is 17.8. The van der Waals surface area contributed by atoms with E-state index in [9.17, 15) is 26.4 Å². The normalized spacial score (nSPS) is 26.1. The highest BCUT2D eigenvalue weighted by atomic mass is 32.2. The first kappa shape index (κ1) is 23.9. The van der Waals surface area contributed by atoms with Crippen LogP contribution in [0.2, 0.25) is 0 Å². The highest BCUT2D eigenvalue weighted by Gasteiger charge is 2.61. The van der Waals surface area contributed by atoms with Crippen LogP contribution in [-0.2, 0) is 26.5 Å². The van der Waals surface area contributed by atoms with Crippen LogP contribution in [0.25, 0.3) is 0 Å². The second kappa shape index (κ2) is 7.91. The maximum atomic E-state index is 15.0. The van der Waals surface area contributed by atoms with Crippen molar-refractivity contribution in [2.45, 2.75) is 30.0 Å². The number of alkyl halides is 3. The number of nitrogens with two attached hydrogens (primary N) is 1. The molecule has 1 saturated heterocycles. The number of rotatable bonds is 3. The van der Waals surface area contributed by atoms with Gasteiger partial charge in [0, 0.05) is 24.5 Å². The van der Waals surface area contributed by atoms with Gasteiger partial charge in [0.25, 0.3) is 5.91 Å². The Balaban J connectivity index is 1.71. The van der Waals surface area contributed by atoms with Gasteiger partial charge in [0.1, 0.15) is 22.3 Å². The highest BCUT2D eigenvalue weighted by molar-refractivity contribution is 7.90. The Bertz CT molecular complexity index is 1280. The lowest BCUT2D eigenvalue weighted by Gasteiger charge is -2.39. The average Bonchev–Trinajstić information content (AvgIpc) is 3.11. The molecule has 4 rings (SSSR count). The Morgan fingerprint density at radius 2 is 2.00 bits per heavy atom. The number of benzene rings is 1. The van der Waals surface area contributed by atoms with Gasteiger partial charge in [0.15, 0.2) is 0 Å². The summed E-state index contributed by atoms with van der Waals surface area (Å²) in [4.78, 5) is 20.3. The van der Waals surface area contributed by atoms with Gasteiger partial charge in [-0.2, -0.15) is 13.2 Å². The Morgan fingerprint density at radius 3 is 2.62 bits per heavy atom. The average molecular weight is 501 g/mol. The van der Waals surface area contributed by atoms with E-state index >= 15 is 4.39 Å². The fraction of sp³-hybridized carbons (Fsp3) is 0.350. The number of carbonyl (C=O) groups is 1. The lowest BCUT2D eigenvalue weighted by molar-refractivity contribution is -0.137. The quantitative estimate of drug-likeness (QED) is 0.620. The number of aliphatic imine (C=N–C) groups is 1. The van der Waals surface area contributed by atoms with Crippen molar-refractivity contribution in [3.63, 3.8) is 0 Å². The molecular formula is C20H19F4N5O4S. The Hall–Kier alpha value is -3.26. The van der Waals surface area contributed by atoms with Crippen LogP contribution in [0.4, 0.5) is 23.2 Å². The van der Waals surface area contributed by atoms with E-state index in [-0.39, 0.29) is 29.5 Å². The summed E-state index contributed by atoms with van der Waals surface area (Å²) in [7, 11) is -2.83. The first-order chi connectivity index (χ1) is 15.8. The highest BCUT2D eigenvalue weighted by Crippen LogP contribution is 2.46. The zero-order valence-corrected chi connectivity index (χ0v) is 18.6. The number of pyridine rings is 1. The number of fused-ring (bicyclic) bond motifs is 1. The van der Waals surface area contributed by atoms with E-state index in [2.05, 4.69) is 15.3 Å². The van der Waals surface area contributed by atoms with Crippen LogP contribution < -0.4 is 11.1 Å². The predicted octanol–water partition coefficient (Wildman–Crippen LogP) is 2.06. The molecule has 0 bridgehead atoms. The number of carbonyl (C=O) groups excluding carboxylic acids is 1. The molecule has 34 heavy (non-hydrogen) atoms. The summed E-state index contributed by atoms with van der Waals surface area (Å²) in [5.74, 6) is -2.00. The summed E-state index contributed by atoms with van der Waals surface area (Å²) in [5, 5.41) is 1.14. The number of nitrogens with one attached hydrogen (secondary N) is 1. The predicted molar refractivity (Wildman–Crippen MR) is 113 cm³/mol. The monoisotopic (exact) mass is 501 g/mol. The topological polar surface area (TPSA) is 127 Å². The summed E-state index contributed by atoms with van der Waals surface area (Å²) < 4.78 is 85.6. The van der Waals surface area contributed by atoms with E-state index in [0.717, 1.165) is 16.4 Å². The molecule has 182 valence electrons. The third-order valence-electron chi connectivity index (χ3n) is 5.82. The van der Waals surface area contributed by atoms with Crippen molar-refractivity contribution in [3.05, 3.63) is 59.2 Å². The van der Waals surface area contributed by atoms with E-state index in [0.29, 0.717) is 12.3 Å². The first-order valence-electron chi connectivity index (χ1n) is 9.86. The lowest BCUT2D eigenvalue weighted by atomic mass is 9.86. The summed E-state index contributed by atoms with van der Waals surface area (Å²) in [6, 6.07) is 5.03. The van der Waals surface area contributed by atoms with Gasteiger partial charge in [-0.1, -0.05) is 0 Å². The molecule has 0 saturated carbocycles. The van der Waals surface area contributed by atoms with Gasteiger partial charge in [-0.3, -0.25) is 9.78 Å². The Morgan fingerprint density at radius 1 is 1.29 bits per heavy atom. The molecule has 1 amide bonds. The molecule has 3 atom stereocenters. The molecule has 3 N–H and O–H groups in total. The van der Waals surface area contributed by atoms with Gasteiger partial charge in [-0.25, -0.2) is 22.1 Å². The van der Waals surface area contributed by atoms with Gasteiger partial charge in [0.2, 0.25) is 16.0 Å². The minimum atomic E-state index is -4.61. The number of aromatic nitrogens is 1. The van der Waals surface area contributed by atoms with Gasteiger partial charge in [-0.15, -0.1) is 0 Å². The van der Waals surface area contributed by atoms with Crippen molar-refractivity contribution in [2.75, 3.05) is 19.0 Å². The van der Waals surface area contributed by atoms with Gasteiger partial charge in [0.05, 0.1) is 18.3 Å². The maximum absolute atomic E-state index is 15.0. The largest absolute Gasteiger partial charge is 0.417 e. The Kier molecular flexibility index (Phi) is 5.55. The fourth-order valence-electron chi connectivity index (χ4n) is 4.09. The number of hydrogen-bond donors (Lipinski definition) is 2. The standard InChI is InChI=1S/C20H19F4N5O4S/c1-10-16-19(9-33-10,28-18(25)29(2)34(16,31)32)13-7-12(4-5-14(13)21)27-17(30)15-6-3-11(8-26-15)20(22,23)24/h3-8,10,16H,9H2,1-2H3,(H2,25,28)(H,27,30)/t10?,16-,19-/m1/s1. The van der Waals surface area contributed by atoms with E-state index in [1.165, 1.54) is 26.1 Å². The van der Waals surface area contributed by atoms with E-state index in [1.807, 2.05) is 0 Å². The minimum absolute atomic E-state index is 0.0425. The minimum Gasteiger partial charge on any atom is -0.374 e. The zero-order chi connectivity index (χ0) is 25.1. The maximum Gasteiger partial charge on any atom is 0.417 e. The van der Waals surface area contributed by atoms with Crippen LogP contribution in [-0.4, -0.2) is 54.6 Å². The summed E-state index contributed by atoms with van der Waals surface area (Å²) >= 11 is 0. The van der Waals surface area contributed by atoms with Crippen molar-refractivity contribution < 1.29 is 35.5 Å².